The van der Waals surface area contributed by atoms with Crippen molar-refractivity contribution in [2.45, 2.75) is 26.7 Å². The number of rotatable bonds is 4. The highest BCUT2D eigenvalue weighted by Crippen LogP contribution is 2.24. The van der Waals surface area contributed by atoms with Crippen LogP contribution in [0.1, 0.15) is 24.2 Å². The van der Waals surface area contributed by atoms with Crippen molar-refractivity contribution in [2.75, 3.05) is 24.6 Å². The van der Waals surface area contributed by atoms with Gasteiger partial charge in [-0.05, 0) is 44.7 Å². The molecule has 1 fully saturated rings. The van der Waals surface area contributed by atoms with Crippen molar-refractivity contribution in [1.82, 2.24) is 9.97 Å². The van der Waals surface area contributed by atoms with Crippen LogP contribution in [0.15, 0.2) is 36.5 Å². The minimum atomic E-state index is 0.620. The van der Waals surface area contributed by atoms with Crippen LogP contribution in [0.4, 0.5) is 5.82 Å². The zero-order chi connectivity index (χ0) is 15.4. The molecule has 0 N–H and O–H groups in total. The first-order valence-corrected chi connectivity index (χ1v) is 7.95. The van der Waals surface area contributed by atoms with Crippen LogP contribution < -0.4 is 9.64 Å². The third kappa shape index (κ3) is 3.56. The Morgan fingerprint density at radius 2 is 1.86 bits per heavy atom. The third-order valence-electron chi connectivity index (χ3n) is 4.19. The molecule has 116 valence electrons. The van der Waals surface area contributed by atoms with Crippen molar-refractivity contribution in [3.05, 3.63) is 47.9 Å². The van der Waals surface area contributed by atoms with Crippen molar-refractivity contribution in [3.63, 3.8) is 0 Å². The summed E-state index contributed by atoms with van der Waals surface area (Å²) >= 11 is 0. The summed E-state index contributed by atoms with van der Waals surface area (Å²) in [4.78, 5) is 11.4. The van der Waals surface area contributed by atoms with Gasteiger partial charge in [-0.3, -0.25) is 4.98 Å². The van der Waals surface area contributed by atoms with Gasteiger partial charge < -0.3 is 9.64 Å². The number of hydrogen-bond donors (Lipinski definition) is 0. The Kier molecular flexibility index (Phi) is 4.56. The Hall–Kier alpha value is -2.10. The molecule has 1 aromatic carbocycles. The summed E-state index contributed by atoms with van der Waals surface area (Å²) in [5.41, 5.74) is 2.00. The van der Waals surface area contributed by atoms with Crippen LogP contribution in [0.3, 0.4) is 0 Å². The Labute approximate surface area is 132 Å². The number of nitrogens with zero attached hydrogens (tertiary/aromatic N) is 3. The Morgan fingerprint density at radius 1 is 1.14 bits per heavy atom. The fraction of sp³-hybridized carbons (Fsp3) is 0.444. The maximum absolute atomic E-state index is 5.88. The second kappa shape index (κ2) is 6.77. The zero-order valence-corrected chi connectivity index (χ0v) is 13.3. The van der Waals surface area contributed by atoms with Crippen LogP contribution >= 0.6 is 0 Å². The molecule has 0 aliphatic carbocycles. The lowest BCUT2D eigenvalue weighted by atomic mass is 9.97. The van der Waals surface area contributed by atoms with E-state index in [1.165, 1.54) is 0 Å². The van der Waals surface area contributed by atoms with E-state index in [1.54, 1.807) is 0 Å². The molecule has 1 aliphatic rings. The van der Waals surface area contributed by atoms with Crippen LogP contribution in [0.2, 0.25) is 0 Å². The maximum atomic E-state index is 5.88. The number of aryl methyl sites for hydroxylation is 2. The highest BCUT2D eigenvalue weighted by Gasteiger charge is 2.22. The standard InChI is InChI=1S/C18H23N3O/c1-14-12-19-15(2)18(20-14)21-10-8-16(9-11-21)13-22-17-6-4-3-5-7-17/h3-7,12,16H,8-11,13H2,1-2H3. The molecule has 4 nitrogen and oxygen atoms in total. The molecule has 0 amide bonds. The fourth-order valence-electron chi connectivity index (χ4n) is 2.87. The Morgan fingerprint density at radius 3 is 2.59 bits per heavy atom. The summed E-state index contributed by atoms with van der Waals surface area (Å²) in [6, 6.07) is 10.1. The smallest absolute Gasteiger partial charge is 0.150 e. The van der Waals surface area contributed by atoms with Gasteiger partial charge in [-0.1, -0.05) is 18.2 Å². The van der Waals surface area contributed by atoms with E-state index in [1.807, 2.05) is 50.4 Å². The first kappa shape index (κ1) is 14.8. The predicted octanol–water partition coefficient (Wildman–Crippen LogP) is 3.39. The van der Waals surface area contributed by atoms with E-state index >= 15 is 0 Å². The molecule has 0 bridgehead atoms. The van der Waals surface area contributed by atoms with E-state index in [2.05, 4.69) is 14.9 Å². The second-order valence-electron chi connectivity index (χ2n) is 5.97. The van der Waals surface area contributed by atoms with Crippen LogP contribution in [0.5, 0.6) is 5.75 Å². The van der Waals surface area contributed by atoms with Gasteiger partial charge in [0.2, 0.25) is 0 Å². The minimum Gasteiger partial charge on any atom is -0.493 e. The monoisotopic (exact) mass is 297 g/mol. The summed E-state index contributed by atoms with van der Waals surface area (Å²) < 4.78 is 5.88. The fourth-order valence-corrected chi connectivity index (χ4v) is 2.87. The summed E-state index contributed by atoms with van der Waals surface area (Å²) in [6.45, 7) is 6.89. The van der Waals surface area contributed by atoms with Gasteiger partial charge in [-0.15, -0.1) is 0 Å². The zero-order valence-electron chi connectivity index (χ0n) is 13.3. The molecule has 0 spiro atoms. The van der Waals surface area contributed by atoms with Gasteiger partial charge >= 0.3 is 0 Å². The predicted molar refractivity (Wildman–Crippen MR) is 88.4 cm³/mol. The van der Waals surface area contributed by atoms with E-state index in [9.17, 15) is 0 Å². The van der Waals surface area contributed by atoms with Gasteiger partial charge in [0, 0.05) is 19.3 Å². The van der Waals surface area contributed by atoms with Crippen LogP contribution in [-0.4, -0.2) is 29.7 Å². The molecule has 1 aliphatic heterocycles. The van der Waals surface area contributed by atoms with Gasteiger partial charge in [-0.25, -0.2) is 4.98 Å². The van der Waals surface area contributed by atoms with Crippen LogP contribution in [0, 0.1) is 19.8 Å². The average Bonchev–Trinajstić information content (AvgIpc) is 2.57. The second-order valence-corrected chi connectivity index (χ2v) is 5.97. The van der Waals surface area contributed by atoms with Crippen LogP contribution in [-0.2, 0) is 0 Å². The van der Waals surface area contributed by atoms with Crippen molar-refractivity contribution in [1.29, 1.82) is 0 Å². The molecular weight excluding hydrogens is 274 g/mol. The van der Waals surface area contributed by atoms with Crippen molar-refractivity contribution >= 4 is 5.82 Å². The van der Waals surface area contributed by atoms with Crippen molar-refractivity contribution in [3.8, 4) is 5.75 Å². The minimum absolute atomic E-state index is 0.620. The largest absolute Gasteiger partial charge is 0.493 e. The quantitative estimate of drug-likeness (QED) is 0.867. The molecule has 0 saturated carbocycles. The van der Waals surface area contributed by atoms with Crippen LogP contribution in [0.25, 0.3) is 0 Å². The van der Waals surface area contributed by atoms with Gasteiger partial charge in [-0.2, -0.15) is 0 Å². The number of aromatic nitrogens is 2. The number of anilines is 1. The Balaban J connectivity index is 1.53. The highest BCUT2D eigenvalue weighted by atomic mass is 16.5. The summed E-state index contributed by atoms with van der Waals surface area (Å²) in [5.74, 6) is 2.63. The summed E-state index contributed by atoms with van der Waals surface area (Å²) in [5, 5.41) is 0. The van der Waals surface area contributed by atoms with E-state index in [4.69, 9.17) is 4.74 Å². The molecule has 22 heavy (non-hydrogen) atoms. The summed E-state index contributed by atoms with van der Waals surface area (Å²) in [6.07, 6.45) is 4.11. The topological polar surface area (TPSA) is 38.2 Å². The van der Waals surface area contributed by atoms with E-state index in [-0.39, 0.29) is 0 Å². The van der Waals surface area contributed by atoms with E-state index < -0.39 is 0 Å². The lowest BCUT2D eigenvalue weighted by Gasteiger charge is -2.33. The summed E-state index contributed by atoms with van der Waals surface area (Å²) in [7, 11) is 0. The molecule has 0 atom stereocenters. The number of para-hydroxylation sites is 1. The maximum Gasteiger partial charge on any atom is 0.150 e. The molecule has 0 unspecified atom stereocenters. The first-order valence-electron chi connectivity index (χ1n) is 7.95. The number of ether oxygens (including phenoxy) is 1. The third-order valence-corrected chi connectivity index (χ3v) is 4.19. The van der Waals surface area contributed by atoms with Gasteiger partial charge in [0.15, 0.2) is 0 Å². The number of piperidine rings is 1. The van der Waals surface area contributed by atoms with E-state index in [0.29, 0.717) is 5.92 Å². The lowest BCUT2D eigenvalue weighted by Crippen LogP contribution is -2.36. The van der Waals surface area contributed by atoms with Crippen molar-refractivity contribution in [2.24, 2.45) is 5.92 Å². The van der Waals surface area contributed by atoms with Crippen molar-refractivity contribution < 1.29 is 4.74 Å². The number of hydrogen-bond acceptors (Lipinski definition) is 4. The van der Waals surface area contributed by atoms with Gasteiger partial charge in [0.05, 0.1) is 18.0 Å². The molecule has 0 radical (unpaired) electrons. The lowest BCUT2D eigenvalue weighted by molar-refractivity contribution is 0.222. The molecule has 1 aromatic heterocycles. The molecule has 2 aromatic rings. The Bertz CT molecular complexity index is 607. The molecule has 1 saturated heterocycles. The van der Waals surface area contributed by atoms with Gasteiger partial charge in [0.25, 0.3) is 0 Å². The average molecular weight is 297 g/mol. The molecular formula is C18H23N3O. The highest BCUT2D eigenvalue weighted by molar-refractivity contribution is 5.43. The molecule has 4 heteroatoms. The molecule has 3 rings (SSSR count). The normalized spacial score (nSPS) is 15.8. The number of benzene rings is 1. The van der Waals surface area contributed by atoms with Gasteiger partial charge in [0.1, 0.15) is 11.6 Å². The SMILES string of the molecule is Cc1cnc(C)c(N2CCC(COc3ccccc3)CC2)n1. The van der Waals surface area contributed by atoms with E-state index in [0.717, 1.165) is 55.5 Å². The first-order chi connectivity index (χ1) is 10.7. The molecule has 2 heterocycles.